The monoisotopic (exact) mass is 442 g/mol. The number of aryl methyl sites for hydroxylation is 3. The molecule has 0 spiro atoms. The molecule has 2 bridgehead atoms. The molecule has 1 saturated heterocycles. The molecule has 0 aromatic carbocycles. The van der Waals surface area contributed by atoms with Gasteiger partial charge in [-0.2, -0.15) is 0 Å². The Bertz CT molecular complexity index is 553. The van der Waals surface area contributed by atoms with Crippen molar-refractivity contribution in [2.24, 2.45) is 7.05 Å². The fourth-order valence-corrected chi connectivity index (χ4v) is 3.98. The SMILES string of the molecule is C[n+]1cc(C(=O)N2CCCC2)c2cc1CCCCCCCCC2.[I-]. The first-order chi connectivity index (χ1) is 11.3. The summed E-state index contributed by atoms with van der Waals surface area (Å²) in [4.78, 5) is 14.9. The van der Waals surface area contributed by atoms with Gasteiger partial charge < -0.3 is 28.9 Å². The molecule has 3 rings (SSSR count). The summed E-state index contributed by atoms with van der Waals surface area (Å²) >= 11 is 0. The second kappa shape index (κ2) is 9.73. The van der Waals surface area contributed by atoms with E-state index in [1.807, 2.05) is 4.90 Å². The maximum absolute atomic E-state index is 12.9. The molecule has 0 N–H and O–H groups in total. The molecule has 0 unspecified atom stereocenters. The zero-order valence-corrected chi connectivity index (χ0v) is 17.2. The minimum absolute atomic E-state index is 0. The fraction of sp³-hybridized carbons (Fsp3) is 0.700. The van der Waals surface area contributed by atoms with Crippen molar-refractivity contribution in [2.45, 2.75) is 70.6 Å². The number of carbonyl (C=O) groups is 1. The first-order valence-electron chi connectivity index (χ1n) is 9.56. The van der Waals surface area contributed by atoms with Crippen molar-refractivity contribution in [3.8, 4) is 0 Å². The van der Waals surface area contributed by atoms with Crippen LogP contribution in [0.5, 0.6) is 0 Å². The van der Waals surface area contributed by atoms with Crippen LogP contribution in [0, 0.1) is 0 Å². The van der Waals surface area contributed by atoms with Crippen molar-refractivity contribution < 1.29 is 33.3 Å². The predicted molar refractivity (Wildman–Crippen MR) is 92.5 cm³/mol. The Morgan fingerprint density at radius 2 is 1.50 bits per heavy atom. The number of carbonyl (C=O) groups excluding carboxylic acids is 1. The van der Waals surface area contributed by atoms with E-state index in [4.69, 9.17) is 0 Å². The van der Waals surface area contributed by atoms with Gasteiger partial charge >= 0.3 is 0 Å². The molecule has 2 heterocycles. The number of pyridine rings is 1. The molecule has 1 aliphatic heterocycles. The molecule has 24 heavy (non-hydrogen) atoms. The maximum Gasteiger partial charge on any atom is 0.260 e. The van der Waals surface area contributed by atoms with Crippen molar-refractivity contribution in [1.82, 2.24) is 4.90 Å². The largest absolute Gasteiger partial charge is 1.00 e. The fourth-order valence-electron chi connectivity index (χ4n) is 3.98. The van der Waals surface area contributed by atoms with E-state index in [2.05, 4.69) is 23.9 Å². The van der Waals surface area contributed by atoms with Gasteiger partial charge in [0, 0.05) is 25.6 Å². The second-order valence-electron chi connectivity index (χ2n) is 7.29. The van der Waals surface area contributed by atoms with E-state index in [1.54, 1.807) is 0 Å². The van der Waals surface area contributed by atoms with Gasteiger partial charge in [-0.1, -0.05) is 32.1 Å². The average molecular weight is 442 g/mol. The molecular formula is C20H31IN2O. The summed E-state index contributed by atoms with van der Waals surface area (Å²) in [5.74, 6) is 0.256. The van der Waals surface area contributed by atoms with E-state index in [0.29, 0.717) is 0 Å². The van der Waals surface area contributed by atoms with Crippen LogP contribution in [0.3, 0.4) is 0 Å². The average Bonchev–Trinajstić information content (AvgIpc) is 3.07. The standard InChI is InChI=1S/C20H31N2O.HI/c1-21-16-19(20(23)22-13-9-10-14-22)17-11-7-5-3-2-4-6-8-12-18(21)15-17;/h15-16H,2-14H2,1H3;1H/q+1;/p-1. The molecule has 1 amide bonds. The summed E-state index contributed by atoms with van der Waals surface area (Å²) < 4.78 is 2.19. The molecule has 1 aromatic heterocycles. The van der Waals surface area contributed by atoms with Crippen LogP contribution in [0.2, 0.25) is 0 Å². The highest BCUT2D eigenvalue weighted by Crippen LogP contribution is 2.20. The van der Waals surface area contributed by atoms with Gasteiger partial charge in [-0.05, 0) is 37.7 Å². The number of amides is 1. The van der Waals surface area contributed by atoms with Gasteiger partial charge in [-0.15, -0.1) is 0 Å². The van der Waals surface area contributed by atoms with Crippen molar-refractivity contribution in [2.75, 3.05) is 13.1 Å². The molecule has 4 heteroatoms. The topological polar surface area (TPSA) is 24.2 Å². The molecule has 3 nitrogen and oxygen atoms in total. The highest BCUT2D eigenvalue weighted by Gasteiger charge is 2.25. The van der Waals surface area contributed by atoms with Gasteiger partial charge in [0.05, 0.1) is 0 Å². The van der Waals surface area contributed by atoms with Crippen molar-refractivity contribution in [1.29, 1.82) is 0 Å². The molecule has 1 aromatic rings. The van der Waals surface area contributed by atoms with E-state index in [0.717, 1.165) is 44.3 Å². The maximum atomic E-state index is 12.9. The Labute approximate surface area is 163 Å². The van der Waals surface area contributed by atoms with Crippen LogP contribution in [0.25, 0.3) is 0 Å². The highest BCUT2D eigenvalue weighted by molar-refractivity contribution is 5.95. The smallest absolute Gasteiger partial charge is 0.260 e. The molecule has 134 valence electrons. The number of aromatic nitrogens is 1. The van der Waals surface area contributed by atoms with Crippen LogP contribution in [0.1, 0.15) is 79.4 Å². The minimum atomic E-state index is 0. The second-order valence-corrected chi connectivity index (χ2v) is 7.29. The molecule has 0 atom stereocenters. The molecule has 0 radical (unpaired) electrons. The third kappa shape index (κ3) is 4.93. The Hall–Kier alpha value is -0.650. The number of hydrogen-bond donors (Lipinski definition) is 0. The molecule has 1 fully saturated rings. The van der Waals surface area contributed by atoms with Crippen LogP contribution >= 0.6 is 0 Å². The van der Waals surface area contributed by atoms with Gasteiger partial charge in [0.25, 0.3) is 5.91 Å². The number of nitrogens with zero attached hydrogens (tertiary/aromatic N) is 2. The van der Waals surface area contributed by atoms with Crippen molar-refractivity contribution >= 4 is 5.91 Å². The zero-order valence-electron chi connectivity index (χ0n) is 15.0. The Morgan fingerprint density at radius 3 is 2.17 bits per heavy atom. The summed E-state index contributed by atoms with van der Waals surface area (Å²) in [6.45, 7) is 1.87. The van der Waals surface area contributed by atoms with Gasteiger partial charge in [0.1, 0.15) is 12.6 Å². The lowest BCUT2D eigenvalue weighted by Gasteiger charge is -2.17. The number of rotatable bonds is 1. The van der Waals surface area contributed by atoms with E-state index in [9.17, 15) is 4.79 Å². The minimum Gasteiger partial charge on any atom is -1.00 e. The number of fused-ring (bicyclic) bond motifs is 2. The van der Waals surface area contributed by atoms with Crippen molar-refractivity contribution in [3.63, 3.8) is 0 Å². The van der Waals surface area contributed by atoms with Crippen LogP contribution in [-0.4, -0.2) is 23.9 Å². The number of hydrogen-bond acceptors (Lipinski definition) is 1. The Kier molecular flexibility index (Phi) is 7.98. The normalized spacial score (nSPS) is 19.1. The predicted octanol–water partition coefficient (Wildman–Crippen LogP) is 0.580. The molecule has 1 aliphatic carbocycles. The van der Waals surface area contributed by atoms with Gasteiger partial charge in [-0.25, -0.2) is 4.57 Å². The van der Waals surface area contributed by atoms with Crippen LogP contribution in [0.15, 0.2) is 12.3 Å². The third-order valence-electron chi connectivity index (χ3n) is 5.47. The van der Waals surface area contributed by atoms with E-state index < -0.39 is 0 Å². The Balaban J connectivity index is 0.00000208. The third-order valence-corrected chi connectivity index (χ3v) is 5.47. The summed E-state index contributed by atoms with van der Waals surface area (Å²) in [6.07, 6.45) is 15.8. The van der Waals surface area contributed by atoms with Crippen LogP contribution in [0.4, 0.5) is 0 Å². The first-order valence-corrected chi connectivity index (χ1v) is 9.56. The lowest BCUT2D eigenvalue weighted by atomic mass is 9.97. The van der Waals surface area contributed by atoms with Gasteiger partial charge in [0.15, 0.2) is 11.9 Å². The Morgan fingerprint density at radius 1 is 0.917 bits per heavy atom. The summed E-state index contributed by atoms with van der Waals surface area (Å²) in [7, 11) is 2.10. The molecule has 0 saturated carbocycles. The summed E-state index contributed by atoms with van der Waals surface area (Å²) in [5, 5.41) is 0. The first kappa shape index (κ1) is 19.7. The molecular weight excluding hydrogens is 411 g/mol. The zero-order chi connectivity index (χ0) is 16.1. The van der Waals surface area contributed by atoms with Crippen LogP contribution in [-0.2, 0) is 19.9 Å². The quantitative estimate of drug-likeness (QED) is 0.462. The highest BCUT2D eigenvalue weighted by atomic mass is 127. The van der Waals surface area contributed by atoms with Crippen molar-refractivity contribution in [3.05, 3.63) is 29.1 Å². The number of likely N-dealkylation sites (tertiary alicyclic amines) is 1. The van der Waals surface area contributed by atoms with E-state index >= 15 is 0 Å². The van der Waals surface area contributed by atoms with E-state index in [1.165, 1.54) is 56.2 Å². The lowest BCUT2D eigenvalue weighted by Crippen LogP contribution is -3.00. The van der Waals surface area contributed by atoms with Crippen LogP contribution < -0.4 is 28.5 Å². The van der Waals surface area contributed by atoms with E-state index in [-0.39, 0.29) is 29.9 Å². The summed E-state index contributed by atoms with van der Waals surface area (Å²) in [5.41, 5.74) is 3.63. The summed E-state index contributed by atoms with van der Waals surface area (Å²) in [6, 6.07) is 2.32. The van der Waals surface area contributed by atoms with Gasteiger partial charge in [-0.3, -0.25) is 4.79 Å². The van der Waals surface area contributed by atoms with Gasteiger partial charge in [0.2, 0.25) is 0 Å². The number of halogens is 1. The molecule has 2 aliphatic rings. The lowest BCUT2D eigenvalue weighted by molar-refractivity contribution is -0.679.